The van der Waals surface area contributed by atoms with Crippen LogP contribution in [0.1, 0.15) is 164 Å². The fraction of sp³-hybridized carbons (Fsp3) is 0.446. The van der Waals surface area contributed by atoms with Gasteiger partial charge in [-0.1, -0.05) is 241 Å². The summed E-state index contributed by atoms with van der Waals surface area (Å²) in [6.07, 6.45) is 7.56. The summed E-state index contributed by atoms with van der Waals surface area (Å²) in [7, 11) is 5.65. The zero-order chi connectivity index (χ0) is 63.0. The number of nitrogens with one attached hydrogen (secondary N) is 2. The Labute approximate surface area is 579 Å². The van der Waals surface area contributed by atoms with E-state index in [0.29, 0.717) is 64.2 Å². The predicted octanol–water partition coefficient (Wildman–Crippen LogP) is 17.0. The fourth-order valence-electron chi connectivity index (χ4n) is 7.22. The van der Waals surface area contributed by atoms with Crippen LogP contribution in [0.25, 0.3) is 22.8 Å². The number of nitrogens with two attached hydrogens (primary N) is 2. The van der Waals surface area contributed by atoms with Gasteiger partial charge in [0, 0.05) is 56.9 Å². The normalized spacial score (nSPS) is 10.8. The van der Waals surface area contributed by atoms with Crippen LogP contribution in [0.5, 0.6) is 11.5 Å². The summed E-state index contributed by atoms with van der Waals surface area (Å²) in [4.78, 5) is 21.9. The number of nitrogens with zero attached hydrogens (tertiary/aromatic N) is 5. The second-order valence-corrected chi connectivity index (χ2v) is 28.0. The predicted molar refractivity (Wildman–Crippen MR) is 373 cm³/mol. The molecule has 0 atom stereocenters. The van der Waals surface area contributed by atoms with Crippen LogP contribution in [0.2, 0.25) is 4.47 Å². The molecule has 2 heterocycles. The maximum atomic E-state index is 10.1. The molecule has 0 radical (unpaired) electrons. The van der Waals surface area contributed by atoms with Gasteiger partial charge in [0.2, 0.25) is 15.7 Å². The van der Waals surface area contributed by atoms with Crippen LogP contribution in [-0.2, 0) is 26.5 Å². The first-order valence-electron chi connectivity index (χ1n) is 27.9. The van der Waals surface area contributed by atoms with Crippen molar-refractivity contribution < 1.29 is 49.3 Å². The van der Waals surface area contributed by atoms with Crippen molar-refractivity contribution in [1.29, 1.82) is 5.41 Å². The molecule has 22 heteroatoms. The molecule has 7 aromatic rings. The Morgan fingerprint density at radius 2 is 1.05 bits per heavy atom. The zero-order valence-corrected chi connectivity index (χ0v) is 60.6. The number of isocyanates is 1. The van der Waals surface area contributed by atoms with Gasteiger partial charge in [0.05, 0.1) is 19.8 Å². The van der Waals surface area contributed by atoms with E-state index in [-0.39, 0.29) is 64.1 Å². The van der Waals surface area contributed by atoms with E-state index in [1.54, 1.807) is 13.0 Å². The number of alkyl halides is 3. The third kappa shape index (κ3) is 31.8. The van der Waals surface area contributed by atoms with E-state index in [9.17, 15) is 4.79 Å². The molecule has 0 saturated heterocycles. The van der Waals surface area contributed by atoms with Crippen LogP contribution in [0.3, 0.4) is 0 Å². The zero-order valence-electron chi connectivity index (χ0n) is 52.4. The van der Waals surface area contributed by atoms with Gasteiger partial charge in [-0.05, 0) is 130 Å². The molecule has 7 rings (SSSR count). The Bertz CT molecular complexity index is 3020. The van der Waals surface area contributed by atoms with Crippen LogP contribution in [0.15, 0.2) is 132 Å². The first-order valence-corrected chi connectivity index (χ1v) is 32.6. The van der Waals surface area contributed by atoms with Crippen LogP contribution < -0.4 is 56.0 Å². The van der Waals surface area contributed by atoms with Gasteiger partial charge in [0.15, 0.2) is 11.6 Å². The number of rotatable bonds is 21. The van der Waals surface area contributed by atoms with Crippen molar-refractivity contribution in [2.24, 2.45) is 16.6 Å². The number of aromatic nitrogens is 4. The van der Waals surface area contributed by atoms with Crippen molar-refractivity contribution in [3.63, 3.8) is 0 Å². The summed E-state index contributed by atoms with van der Waals surface area (Å²) in [5.74, 6) is 8.57. The molecule has 87 heavy (non-hydrogen) atoms. The summed E-state index contributed by atoms with van der Waals surface area (Å²) in [5.41, 5.74) is 17.5. The van der Waals surface area contributed by atoms with Crippen molar-refractivity contribution in [2.45, 2.75) is 161 Å². The average molecular weight is 1360 g/mol. The number of halogens is 5. The molecular weight excluding hydrogens is 1270 g/mol. The second-order valence-electron chi connectivity index (χ2n) is 21.7. The minimum Gasteiger partial charge on any atom is -0.870 e. The van der Waals surface area contributed by atoms with E-state index in [1.807, 2.05) is 91.0 Å². The molecule has 0 fully saturated rings. The number of hydrazine groups is 1. The smallest absolute Gasteiger partial charge is 0.870 e. The summed E-state index contributed by atoms with van der Waals surface area (Å²) in [6, 6.07) is 42.5. The van der Waals surface area contributed by atoms with Gasteiger partial charge in [0.1, 0.15) is 11.5 Å². The topological polar surface area (TPSA) is 217 Å². The summed E-state index contributed by atoms with van der Waals surface area (Å²) >= 11 is 23.3. The van der Waals surface area contributed by atoms with E-state index in [2.05, 4.69) is 149 Å². The SMILES string of the molecule is C.CC(=N)c1ccccc1.CCC(C)(C)c1ccc(OCCCN)c(C(C)(C)CC)c1.CCC(C)(C)c1ccc(OCCCN=C=O)c(C(C)(C)CC)c1.ClSC(Cl)(Cl)Cl.Clc1nc(-c2ccccc2)ns1.NNc1nc(-c2ccccc2)ns1.[Na+].[OH-]. The molecule has 0 unspecified atom stereocenters. The molecule has 0 aliphatic heterocycles. The fourth-order valence-corrected chi connectivity index (χ4v) is 8.34. The van der Waals surface area contributed by atoms with Crippen molar-refractivity contribution in [1.82, 2.24) is 18.7 Å². The number of hydrogen-bond donors (Lipinski definition) is 4. The molecular formula is C65H91Cl5N9NaO4S3. The number of nitrogen functional groups attached to an aromatic ring is 1. The van der Waals surface area contributed by atoms with Gasteiger partial charge < -0.3 is 26.1 Å². The van der Waals surface area contributed by atoms with Gasteiger partial charge in [0.25, 0.3) is 3.12 Å². The number of benzene rings is 5. The Morgan fingerprint density at radius 1 is 0.655 bits per heavy atom. The summed E-state index contributed by atoms with van der Waals surface area (Å²) < 4.78 is 19.3. The quantitative estimate of drug-likeness (QED) is 0.0100. The number of carbonyl (C=O) groups excluding carboxylic acids is 1. The minimum absolute atomic E-state index is 0. The molecule has 13 nitrogen and oxygen atoms in total. The maximum Gasteiger partial charge on any atom is 1.00 e. The van der Waals surface area contributed by atoms with Crippen LogP contribution >= 0.6 is 91.1 Å². The van der Waals surface area contributed by atoms with Crippen LogP contribution in [0.4, 0.5) is 5.13 Å². The van der Waals surface area contributed by atoms with Crippen molar-refractivity contribution in [2.75, 3.05) is 31.7 Å². The van der Waals surface area contributed by atoms with E-state index < -0.39 is 3.12 Å². The van der Waals surface area contributed by atoms with Crippen molar-refractivity contribution in [3.8, 4) is 34.3 Å². The molecule has 2 aromatic heterocycles. The third-order valence-electron chi connectivity index (χ3n) is 14.2. The number of hydrogen-bond acceptors (Lipinski definition) is 16. The largest absolute Gasteiger partial charge is 1.00 e. The monoisotopic (exact) mass is 1360 g/mol. The Balaban J connectivity index is 0. The molecule has 474 valence electrons. The van der Waals surface area contributed by atoms with Gasteiger partial charge in [-0.2, -0.15) is 13.7 Å². The summed E-state index contributed by atoms with van der Waals surface area (Å²) in [6.45, 7) is 31.4. The van der Waals surface area contributed by atoms with Crippen molar-refractivity contribution in [3.05, 3.63) is 160 Å². The number of aliphatic imine (C=N–C) groups is 1. The van der Waals surface area contributed by atoms with Gasteiger partial charge in [-0.15, -0.1) is 0 Å². The standard InChI is InChI=1S/C20H31NO2.C19H33NO.C8H5ClN2S.C8H8N4S.C8H9N.CCl4S.CH4.Na.H2O/c1-7-19(3,4)16-10-11-18(23-13-9-12-21-15-22)17(14-16)20(5,6)8-2;1-7-18(3,4)15-10-11-17(21-13-9-12-20)16(14-15)19(5,6)8-2;9-8-10-7(11-12-8)6-4-2-1-3-5-6;9-11-8-10-7(12-13-8)6-4-2-1-3-5-6;1-7(9)8-5-3-2-4-6-8;2-1(3,4)6-5;;;/h10-11,14H,7-9,12-13H2,1-6H3;10-11,14H,7-9,12-13,20H2,1-6H3;1-5H;1-5H,9H2,(H,10,11,12);2-6,9H,1H3;;1H4;;1H2/q;;;;;;;+1;/p-1. The Hall–Kier alpha value is -3.65. The molecule has 0 aliphatic carbocycles. The van der Waals surface area contributed by atoms with E-state index >= 15 is 0 Å². The molecule has 0 bridgehead atoms. The maximum absolute atomic E-state index is 10.1. The summed E-state index contributed by atoms with van der Waals surface area (Å²) in [5, 5.41) is 7.86. The third-order valence-corrected chi connectivity index (χ3v) is 17.9. The van der Waals surface area contributed by atoms with Gasteiger partial charge >= 0.3 is 29.6 Å². The van der Waals surface area contributed by atoms with Gasteiger partial charge in [-0.25, -0.2) is 20.6 Å². The van der Waals surface area contributed by atoms with Crippen LogP contribution in [-0.4, -0.2) is 65.4 Å². The molecule has 7 N–H and O–H groups in total. The number of ether oxygens (including phenoxy) is 2. The van der Waals surface area contributed by atoms with E-state index in [1.165, 1.54) is 45.3 Å². The second kappa shape index (κ2) is 44.0. The molecule has 5 aromatic carbocycles. The molecule has 0 amide bonds. The average Bonchev–Trinajstić information content (AvgIpc) is 2.08. The molecule has 0 spiro atoms. The Kier molecular flexibility index (Phi) is 43.2. The van der Waals surface area contributed by atoms with E-state index in [4.69, 9.17) is 83.5 Å². The van der Waals surface area contributed by atoms with Crippen LogP contribution in [0, 0.1) is 5.41 Å². The Morgan fingerprint density at radius 3 is 1.37 bits per heavy atom. The molecule has 0 saturated carbocycles. The first-order chi connectivity index (χ1) is 39.7. The van der Waals surface area contributed by atoms with Gasteiger partial charge in [-0.3, -0.25) is 5.43 Å². The first kappa shape index (κ1) is 85.4. The van der Waals surface area contributed by atoms with Crippen molar-refractivity contribution >= 4 is 108 Å². The minimum atomic E-state index is -1.36. The molecule has 0 aliphatic rings. The van der Waals surface area contributed by atoms with E-state index in [0.717, 1.165) is 66.7 Å². The number of anilines is 1.